The topological polar surface area (TPSA) is 52.4 Å². The Morgan fingerprint density at radius 1 is 1.14 bits per heavy atom. The molecule has 1 aliphatic rings. The van der Waals surface area contributed by atoms with E-state index in [0.29, 0.717) is 5.56 Å². The molecular formula is C16H14FNO3. The summed E-state index contributed by atoms with van der Waals surface area (Å²) in [5, 5.41) is 10.6. The normalized spacial score (nSPS) is 13.0. The summed E-state index contributed by atoms with van der Waals surface area (Å²) in [6, 6.07) is 9.81. The van der Waals surface area contributed by atoms with Crippen LogP contribution in [0.5, 0.6) is 5.75 Å². The maximum absolute atomic E-state index is 13.5. The highest BCUT2D eigenvalue weighted by atomic mass is 19.1. The number of ether oxygens (including phenoxy) is 1. The van der Waals surface area contributed by atoms with E-state index >= 15 is 0 Å². The predicted octanol–water partition coefficient (Wildman–Crippen LogP) is 3.80. The Hall–Kier alpha value is -2.43. The quantitative estimate of drug-likeness (QED) is 0.635. The molecule has 3 rings (SSSR count). The number of aryl methyl sites for hydroxylation is 2. The third kappa shape index (κ3) is 2.86. The van der Waals surface area contributed by atoms with Crippen molar-refractivity contribution in [1.29, 1.82) is 0 Å². The van der Waals surface area contributed by atoms with Crippen molar-refractivity contribution in [3.8, 4) is 5.75 Å². The molecule has 5 heteroatoms. The van der Waals surface area contributed by atoms with E-state index in [-0.39, 0.29) is 6.61 Å². The van der Waals surface area contributed by atoms with Gasteiger partial charge in [-0.3, -0.25) is 10.1 Å². The van der Waals surface area contributed by atoms with E-state index in [2.05, 4.69) is 6.07 Å². The molecule has 4 nitrogen and oxygen atoms in total. The first-order valence-corrected chi connectivity index (χ1v) is 6.81. The maximum atomic E-state index is 13.5. The minimum Gasteiger partial charge on any atom is -0.489 e. The number of nitro benzene ring substituents is 1. The van der Waals surface area contributed by atoms with Gasteiger partial charge in [-0.2, -0.15) is 4.39 Å². The molecule has 0 saturated carbocycles. The number of nitro groups is 1. The Morgan fingerprint density at radius 3 is 2.71 bits per heavy atom. The molecule has 2 aromatic carbocycles. The van der Waals surface area contributed by atoms with Crippen LogP contribution in [-0.2, 0) is 19.4 Å². The van der Waals surface area contributed by atoms with Gasteiger partial charge in [0.2, 0.25) is 5.82 Å². The Labute approximate surface area is 121 Å². The number of halogens is 1. The first-order valence-electron chi connectivity index (χ1n) is 6.81. The lowest BCUT2D eigenvalue weighted by atomic mass is 10.1. The highest BCUT2D eigenvalue weighted by molar-refractivity contribution is 5.39. The maximum Gasteiger partial charge on any atom is 0.304 e. The fourth-order valence-corrected chi connectivity index (χ4v) is 2.59. The largest absolute Gasteiger partial charge is 0.489 e. The Morgan fingerprint density at radius 2 is 1.95 bits per heavy atom. The fraction of sp³-hybridized carbons (Fsp3) is 0.250. The van der Waals surface area contributed by atoms with Crippen LogP contribution in [0.4, 0.5) is 10.1 Å². The van der Waals surface area contributed by atoms with E-state index in [4.69, 9.17) is 4.74 Å². The van der Waals surface area contributed by atoms with E-state index in [0.717, 1.165) is 30.7 Å². The summed E-state index contributed by atoms with van der Waals surface area (Å²) >= 11 is 0. The third-order valence-electron chi connectivity index (χ3n) is 3.68. The second-order valence-electron chi connectivity index (χ2n) is 5.12. The van der Waals surface area contributed by atoms with E-state index in [9.17, 15) is 14.5 Å². The lowest BCUT2D eigenvalue weighted by molar-refractivity contribution is -0.387. The molecule has 0 aliphatic heterocycles. The second-order valence-corrected chi connectivity index (χ2v) is 5.12. The van der Waals surface area contributed by atoms with Gasteiger partial charge in [0, 0.05) is 6.07 Å². The Bertz CT molecular complexity index is 700. The molecular weight excluding hydrogens is 273 g/mol. The molecule has 0 radical (unpaired) electrons. The van der Waals surface area contributed by atoms with Crippen molar-refractivity contribution in [2.45, 2.75) is 25.9 Å². The summed E-state index contributed by atoms with van der Waals surface area (Å²) in [7, 11) is 0. The summed E-state index contributed by atoms with van der Waals surface area (Å²) in [4.78, 5) is 9.82. The van der Waals surface area contributed by atoms with Gasteiger partial charge in [0.25, 0.3) is 0 Å². The van der Waals surface area contributed by atoms with Crippen LogP contribution < -0.4 is 4.74 Å². The van der Waals surface area contributed by atoms with E-state index in [1.807, 2.05) is 12.1 Å². The molecule has 0 aromatic heterocycles. The standard InChI is InChI=1S/C16H14FNO3/c17-15-8-11(4-7-16(15)18(19)20)10-21-14-6-5-12-2-1-3-13(12)9-14/h4-9H,1-3,10H2. The van der Waals surface area contributed by atoms with Gasteiger partial charge >= 0.3 is 5.69 Å². The zero-order valence-corrected chi connectivity index (χ0v) is 11.3. The minimum absolute atomic E-state index is 0.188. The minimum atomic E-state index is -0.838. The zero-order chi connectivity index (χ0) is 14.8. The van der Waals surface area contributed by atoms with Crippen LogP contribution in [0.3, 0.4) is 0 Å². The number of hydrogen-bond acceptors (Lipinski definition) is 3. The number of fused-ring (bicyclic) bond motifs is 1. The van der Waals surface area contributed by atoms with Crippen LogP contribution in [-0.4, -0.2) is 4.92 Å². The van der Waals surface area contributed by atoms with Gasteiger partial charge in [0.05, 0.1) is 4.92 Å². The van der Waals surface area contributed by atoms with Gasteiger partial charge in [0.1, 0.15) is 12.4 Å². The van der Waals surface area contributed by atoms with Gasteiger partial charge in [-0.15, -0.1) is 0 Å². The molecule has 0 unspecified atom stereocenters. The predicted molar refractivity (Wildman–Crippen MR) is 75.9 cm³/mol. The molecule has 0 fully saturated rings. The molecule has 21 heavy (non-hydrogen) atoms. The third-order valence-corrected chi connectivity index (χ3v) is 3.68. The van der Waals surface area contributed by atoms with Crippen LogP contribution in [0, 0.1) is 15.9 Å². The molecule has 0 spiro atoms. The van der Waals surface area contributed by atoms with Crippen molar-refractivity contribution in [3.63, 3.8) is 0 Å². The molecule has 0 atom stereocenters. The molecule has 108 valence electrons. The second kappa shape index (κ2) is 5.52. The van der Waals surface area contributed by atoms with E-state index < -0.39 is 16.4 Å². The Kier molecular flexibility index (Phi) is 3.56. The van der Waals surface area contributed by atoms with Crippen LogP contribution in [0.15, 0.2) is 36.4 Å². The molecule has 1 aliphatic carbocycles. The molecule has 0 bridgehead atoms. The van der Waals surface area contributed by atoms with Crippen LogP contribution in [0.1, 0.15) is 23.1 Å². The lowest BCUT2D eigenvalue weighted by Crippen LogP contribution is -1.99. The number of rotatable bonds is 4. The van der Waals surface area contributed by atoms with E-state index in [1.54, 1.807) is 0 Å². The molecule has 0 saturated heterocycles. The summed E-state index contributed by atoms with van der Waals surface area (Å²) in [5.41, 5.74) is 2.72. The SMILES string of the molecule is O=[N+]([O-])c1ccc(COc2ccc3c(c2)CCC3)cc1F. The van der Waals surface area contributed by atoms with Gasteiger partial charge in [-0.05, 0) is 60.2 Å². The van der Waals surface area contributed by atoms with Crippen LogP contribution in [0.2, 0.25) is 0 Å². The van der Waals surface area contributed by atoms with Gasteiger partial charge in [-0.25, -0.2) is 0 Å². The smallest absolute Gasteiger partial charge is 0.304 e. The molecule has 2 aromatic rings. The first-order chi connectivity index (χ1) is 10.1. The van der Waals surface area contributed by atoms with Crippen molar-refractivity contribution in [2.24, 2.45) is 0 Å². The molecule has 0 N–H and O–H groups in total. The van der Waals surface area contributed by atoms with Gasteiger partial charge in [0.15, 0.2) is 0 Å². The van der Waals surface area contributed by atoms with Gasteiger partial charge in [-0.1, -0.05) is 6.07 Å². The first kappa shape index (κ1) is 13.5. The van der Waals surface area contributed by atoms with Crippen molar-refractivity contribution in [1.82, 2.24) is 0 Å². The monoisotopic (exact) mass is 287 g/mol. The highest BCUT2D eigenvalue weighted by Gasteiger charge is 2.14. The average molecular weight is 287 g/mol. The van der Waals surface area contributed by atoms with Crippen molar-refractivity contribution < 1.29 is 14.1 Å². The summed E-state index contributed by atoms with van der Waals surface area (Å²) < 4.78 is 19.1. The number of benzene rings is 2. The summed E-state index contributed by atoms with van der Waals surface area (Å²) in [6.07, 6.45) is 3.36. The molecule has 0 amide bonds. The zero-order valence-electron chi connectivity index (χ0n) is 11.3. The average Bonchev–Trinajstić information content (AvgIpc) is 2.92. The lowest BCUT2D eigenvalue weighted by Gasteiger charge is -2.08. The summed E-state index contributed by atoms with van der Waals surface area (Å²) in [6.45, 7) is 0.188. The number of hydrogen-bond donors (Lipinski definition) is 0. The molecule has 0 heterocycles. The van der Waals surface area contributed by atoms with Crippen molar-refractivity contribution >= 4 is 5.69 Å². The number of nitrogens with zero attached hydrogens (tertiary/aromatic N) is 1. The van der Waals surface area contributed by atoms with Crippen molar-refractivity contribution in [3.05, 3.63) is 69.0 Å². The summed E-state index contributed by atoms with van der Waals surface area (Å²) in [5.74, 6) is -0.0931. The van der Waals surface area contributed by atoms with Crippen molar-refractivity contribution in [2.75, 3.05) is 0 Å². The fourth-order valence-electron chi connectivity index (χ4n) is 2.59. The highest BCUT2D eigenvalue weighted by Crippen LogP contribution is 2.26. The Balaban J connectivity index is 1.70. The van der Waals surface area contributed by atoms with Gasteiger partial charge < -0.3 is 4.74 Å². The van der Waals surface area contributed by atoms with Crippen LogP contribution in [0.25, 0.3) is 0 Å². The van der Waals surface area contributed by atoms with E-state index in [1.165, 1.54) is 23.6 Å². The van der Waals surface area contributed by atoms with Crippen LogP contribution >= 0.6 is 0 Å².